The van der Waals surface area contributed by atoms with Gasteiger partial charge in [-0.05, 0) is 25.5 Å². The molecule has 1 atom stereocenters. The number of hydrogen-bond donors (Lipinski definition) is 1. The Hall–Kier alpha value is -1.22. The summed E-state index contributed by atoms with van der Waals surface area (Å²) < 4.78 is 0. The number of rotatable bonds is 0. The molecular formula is C10H11N3. The fraction of sp³-hybridized carbons (Fsp3) is 0.400. The van der Waals surface area contributed by atoms with Gasteiger partial charge in [0, 0.05) is 0 Å². The SMILES string of the molecule is C1=CC2=NC=NC3=CCCNC32C1. The van der Waals surface area contributed by atoms with Crippen LogP contribution in [0.5, 0.6) is 0 Å². The smallest absolute Gasteiger partial charge is 0.116 e. The van der Waals surface area contributed by atoms with E-state index in [1.165, 1.54) is 0 Å². The first kappa shape index (κ1) is 7.21. The summed E-state index contributed by atoms with van der Waals surface area (Å²) in [5.41, 5.74) is 2.20. The highest BCUT2D eigenvalue weighted by Gasteiger charge is 2.42. The van der Waals surface area contributed by atoms with Crippen molar-refractivity contribution in [3.8, 4) is 0 Å². The molecule has 66 valence electrons. The van der Waals surface area contributed by atoms with Crippen LogP contribution >= 0.6 is 0 Å². The highest BCUT2D eigenvalue weighted by Crippen LogP contribution is 2.34. The second kappa shape index (κ2) is 2.39. The lowest BCUT2D eigenvalue weighted by Gasteiger charge is -2.36. The molecule has 1 spiro atoms. The van der Waals surface area contributed by atoms with Crippen LogP contribution in [0.4, 0.5) is 0 Å². The van der Waals surface area contributed by atoms with Crippen molar-refractivity contribution in [3.63, 3.8) is 0 Å². The molecule has 2 heterocycles. The molecule has 0 saturated carbocycles. The maximum atomic E-state index is 4.33. The Bertz CT molecular complexity index is 362. The lowest BCUT2D eigenvalue weighted by molar-refractivity contribution is 0.479. The van der Waals surface area contributed by atoms with E-state index < -0.39 is 0 Å². The molecule has 1 aliphatic carbocycles. The third-order valence-electron chi connectivity index (χ3n) is 2.88. The molecule has 0 bridgehead atoms. The van der Waals surface area contributed by atoms with E-state index in [9.17, 15) is 0 Å². The Morgan fingerprint density at radius 1 is 1.46 bits per heavy atom. The molecule has 2 aliphatic heterocycles. The molecule has 0 saturated heterocycles. The fourth-order valence-electron chi connectivity index (χ4n) is 2.22. The molecule has 0 aromatic carbocycles. The second-order valence-electron chi connectivity index (χ2n) is 3.58. The van der Waals surface area contributed by atoms with E-state index >= 15 is 0 Å². The molecule has 0 amide bonds. The van der Waals surface area contributed by atoms with E-state index in [-0.39, 0.29) is 5.54 Å². The maximum Gasteiger partial charge on any atom is 0.116 e. The predicted octanol–water partition coefficient (Wildman–Crippen LogP) is 1.05. The summed E-state index contributed by atoms with van der Waals surface area (Å²) in [6, 6.07) is 0. The van der Waals surface area contributed by atoms with Gasteiger partial charge in [0.2, 0.25) is 0 Å². The number of nitrogens with one attached hydrogen (secondary N) is 1. The highest BCUT2D eigenvalue weighted by atomic mass is 15.1. The highest BCUT2D eigenvalue weighted by molar-refractivity contribution is 6.11. The molecule has 0 aromatic rings. The molecule has 3 rings (SSSR count). The lowest BCUT2D eigenvalue weighted by Crippen LogP contribution is -2.53. The standard InChI is InChI=1S/C10H11N3/c1-3-8-10(5-1)9(12-7-11-8)4-2-6-13-10/h1,3-4,7,13H,2,5-6H2. The van der Waals surface area contributed by atoms with Gasteiger partial charge in [0.05, 0.1) is 11.4 Å². The van der Waals surface area contributed by atoms with Crippen LogP contribution in [-0.2, 0) is 0 Å². The van der Waals surface area contributed by atoms with Gasteiger partial charge in [-0.15, -0.1) is 0 Å². The Morgan fingerprint density at radius 2 is 2.46 bits per heavy atom. The van der Waals surface area contributed by atoms with E-state index in [0.29, 0.717) is 0 Å². The third-order valence-corrected chi connectivity index (χ3v) is 2.88. The van der Waals surface area contributed by atoms with Gasteiger partial charge in [0.1, 0.15) is 11.9 Å². The van der Waals surface area contributed by atoms with Gasteiger partial charge >= 0.3 is 0 Å². The Labute approximate surface area is 77.0 Å². The van der Waals surface area contributed by atoms with Crippen LogP contribution in [0.2, 0.25) is 0 Å². The van der Waals surface area contributed by atoms with Crippen LogP contribution in [-0.4, -0.2) is 24.1 Å². The minimum absolute atomic E-state index is 0.0625. The number of aliphatic imine (C=N–C) groups is 2. The van der Waals surface area contributed by atoms with Gasteiger partial charge in [-0.25, -0.2) is 9.98 Å². The largest absolute Gasteiger partial charge is 0.301 e. The summed E-state index contributed by atoms with van der Waals surface area (Å²) in [5.74, 6) is 0. The van der Waals surface area contributed by atoms with Crippen molar-refractivity contribution in [3.05, 3.63) is 23.9 Å². The molecule has 3 aliphatic rings. The van der Waals surface area contributed by atoms with Crippen LogP contribution < -0.4 is 5.32 Å². The van der Waals surface area contributed by atoms with E-state index in [1.54, 1.807) is 6.34 Å². The summed E-state index contributed by atoms with van der Waals surface area (Å²) in [4.78, 5) is 8.63. The van der Waals surface area contributed by atoms with Crippen LogP contribution in [0, 0.1) is 0 Å². The topological polar surface area (TPSA) is 36.8 Å². The number of hydrogen-bond acceptors (Lipinski definition) is 3. The van der Waals surface area contributed by atoms with Crippen LogP contribution in [0.3, 0.4) is 0 Å². The molecular weight excluding hydrogens is 162 g/mol. The van der Waals surface area contributed by atoms with Crippen molar-refractivity contribution in [1.29, 1.82) is 0 Å². The first-order valence-electron chi connectivity index (χ1n) is 4.65. The summed E-state index contributed by atoms with van der Waals surface area (Å²) in [5, 5.41) is 3.52. The van der Waals surface area contributed by atoms with E-state index in [2.05, 4.69) is 33.5 Å². The Kier molecular flexibility index (Phi) is 1.32. The van der Waals surface area contributed by atoms with Gasteiger partial charge in [0.15, 0.2) is 0 Å². The Balaban J connectivity index is 2.16. The van der Waals surface area contributed by atoms with Gasteiger partial charge in [0.25, 0.3) is 0 Å². The third kappa shape index (κ3) is 0.823. The zero-order valence-electron chi connectivity index (χ0n) is 7.33. The molecule has 1 N–H and O–H groups in total. The summed E-state index contributed by atoms with van der Waals surface area (Å²) in [7, 11) is 0. The zero-order valence-corrected chi connectivity index (χ0v) is 7.33. The van der Waals surface area contributed by atoms with E-state index in [1.807, 2.05) is 0 Å². The summed E-state index contributed by atoms with van der Waals surface area (Å²) in [6.07, 6.45) is 10.2. The molecule has 0 radical (unpaired) electrons. The molecule has 3 heteroatoms. The number of nitrogens with zero attached hydrogens (tertiary/aromatic N) is 2. The monoisotopic (exact) mass is 173 g/mol. The molecule has 13 heavy (non-hydrogen) atoms. The van der Waals surface area contributed by atoms with Crippen molar-refractivity contribution in [2.45, 2.75) is 18.4 Å². The second-order valence-corrected chi connectivity index (χ2v) is 3.58. The first-order valence-corrected chi connectivity index (χ1v) is 4.65. The average Bonchev–Trinajstić information content (AvgIpc) is 2.58. The molecule has 1 unspecified atom stereocenters. The van der Waals surface area contributed by atoms with Gasteiger partial charge in [-0.3, -0.25) is 0 Å². The molecule has 0 fully saturated rings. The Morgan fingerprint density at radius 3 is 3.46 bits per heavy atom. The summed E-state index contributed by atoms with van der Waals surface area (Å²) >= 11 is 0. The zero-order chi connectivity index (χ0) is 8.73. The normalized spacial score (nSPS) is 35.1. The average molecular weight is 173 g/mol. The van der Waals surface area contributed by atoms with Gasteiger partial charge in [-0.2, -0.15) is 0 Å². The van der Waals surface area contributed by atoms with Crippen LogP contribution in [0.15, 0.2) is 33.9 Å². The van der Waals surface area contributed by atoms with E-state index in [0.717, 1.165) is 30.8 Å². The van der Waals surface area contributed by atoms with Gasteiger partial charge in [-0.1, -0.05) is 12.2 Å². The van der Waals surface area contributed by atoms with Crippen LogP contribution in [0.1, 0.15) is 12.8 Å². The van der Waals surface area contributed by atoms with Crippen LogP contribution in [0.25, 0.3) is 0 Å². The van der Waals surface area contributed by atoms with Crippen molar-refractivity contribution >= 4 is 12.1 Å². The van der Waals surface area contributed by atoms with Crippen molar-refractivity contribution < 1.29 is 0 Å². The van der Waals surface area contributed by atoms with Gasteiger partial charge < -0.3 is 5.32 Å². The fourth-order valence-corrected chi connectivity index (χ4v) is 2.22. The first-order chi connectivity index (χ1) is 6.42. The predicted molar refractivity (Wildman–Crippen MR) is 53.1 cm³/mol. The minimum Gasteiger partial charge on any atom is -0.301 e. The van der Waals surface area contributed by atoms with E-state index in [4.69, 9.17) is 0 Å². The quantitative estimate of drug-likeness (QED) is 0.584. The maximum absolute atomic E-state index is 4.33. The van der Waals surface area contributed by atoms with Crippen molar-refractivity contribution in [1.82, 2.24) is 5.32 Å². The molecule has 0 aromatic heterocycles. The summed E-state index contributed by atoms with van der Waals surface area (Å²) in [6.45, 7) is 1.03. The lowest BCUT2D eigenvalue weighted by atomic mass is 9.87. The van der Waals surface area contributed by atoms with Crippen molar-refractivity contribution in [2.75, 3.05) is 6.54 Å². The molecule has 3 nitrogen and oxygen atoms in total. The minimum atomic E-state index is -0.0625. The van der Waals surface area contributed by atoms with Crippen molar-refractivity contribution in [2.24, 2.45) is 9.98 Å².